The van der Waals surface area contributed by atoms with Crippen LogP contribution in [0.5, 0.6) is 17.2 Å². The molecule has 2 aromatic carbocycles. The molecule has 0 spiro atoms. The van der Waals surface area contributed by atoms with Gasteiger partial charge in [-0.15, -0.1) is 5.10 Å². The number of rotatable bonds is 10. The van der Waals surface area contributed by atoms with Crippen molar-refractivity contribution < 1.29 is 24.4 Å². The molecule has 6 rings (SSSR count). The lowest BCUT2D eigenvalue weighted by Crippen LogP contribution is -2.32. The Balaban J connectivity index is 1.36. The van der Waals surface area contributed by atoms with Gasteiger partial charge < -0.3 is 29.7 Å². The Morgan fingerprint density at radius 2 is 1.89 bits per heavy atom. The van der Waals surface area contributed by atoms with Gasteiger partial charge in [-0.3, -0.25) is 4.68 Å². The molecule has 1 fully saturated rings. The Kier molecular flexibility index (Phi) is 7.80. The van der Waals surface area contributed by atoms with E-state index in [9.17, 15) is 10.2 Å². The van der Waals surface area contributed by atoms with Gasteiger partial charge in [-0.25, -0.2) is 9.97 Å². The fourth-order valence-electron chi connectivity index (χ4n) is 6.07. The maximum Gasteiger partial charge on any atom is 0.226 e. The molecule has 1 aliphatic rings. The number of benzene rings is 2. The van der Waals surface area contributed by atoms with Gasteiger partial charge in [0.15, 0.2) is 11.5 Å². The van der Waals surface area contributed by atoms with Crippen molar-refractivity contribution in [3.8, 4) is 17.2 Å². The maximum absolute atomic E-state index is 11.8. The lowest BCUT2D eigenvalue weighted by molar-refractivity contribution is -0.00967. The van der Waals surface area contributed by atoms with E-state index in [0.717, 1.165) is 29.4 Å². The largest absolute Gasteiger partial charge is 0.497 e. The van der Waals surface area contributed by atoms with Crippen LogP contribution in [-0.2, 0) is 18.7 Å². The van der Waals surface area contributed by atoms with E-state index in [4.69, 9.17) is 29.3 Å². The van der Waals surface area contributed by atoms with Crippen molar-refractivity contribution in [1.82, 2.24) is 29.4 Å². The molecule has 2 unspecified atom stereocenters. The molecule has 3 aromatic heterocycles. The molecule has 12 heteroatoms. The molecule has 3 N–H and O–H groups in total. The molecule has 1 saturated carbocycles. The Morgan fingerprint density at radius 3 is 2.64 bits per heavy atom. The van der Waals surface area contributed by atoms with Crippen molar-refractivity contribution in [1.29, 1.82) is 0 Å². The normalized spacial score (nSPS) is 18.9. The summed E-state index contributed by atoms with van der Waals surface area (Å²) < 4.78 is 20.0. The summed E-state index contributed by atoms with van der Waals surface area (Å²) in [6, 6.07) is 11.4. The van der Waals surface area contributed by atoms with Crippen molar-refractivity contribution >= 4 is 22.5 Å². The first kappa shape index (κ1) is 29.6. The molecule has 3 heterocycles. The summed E-state index contributed by atoms with van der Waals surface area (Å²) in [6.45, 7) is 4.23. The van der Waals surface area contributed by atoms with Crippen molar-refractivity contribution in [2.75, 3.05) is 26.6 Å². The first-order valence-electron chi connectivity index (χ1n) is 14.8. The highest BCUT2D eigenvalue weighted by Crippen LogP contribution is 2.44. The minimum Gasteiger partial charge on any atom is -0.497 e. The van der Waals surface area contributed by atoms with Gasteiger partial charge in [0.2, 0.25) is 5.95 Å². The molecule has 44 heavy (non-hydrogen) atoms. The molecule has 0 saturated heterocycles. The van der Waals surface area contributed by atoms with Crippen molar-refractivity contribution in [3.63, 3.8) is 0 Å². The van der Waals surface area contributed by atoms with Crippen LogP contribution >= 0.6 is 0 Å². The SMILES string of the molecule is COc1ccc(CNc2nc3c(OC)cccc3c3nc(C4CCCC(O)(c5cnn(CC(C)(C)O)c5)C4)nn23)c(OC)c1. The summed E-state index contributed by atoms with van der Waals surface area (Å²) >= 11 is 0. The second-order valence-corrected chi connectivity index (χ2v) is 12.1. The quantitative estimate of drug-likeness (QED) is 0.211. The van der Waals surface area contributed by atoms with Gasteiger partial charge in [0.25, 0.3) is 0 Å². The highest BCUT2D eigenvalue weighted by Gasteiger charge is 2.39. The lowest BCUT2D eigenvalue weighted by Gasteiger charge is -2.35. The topological polar surface area (TPSA) is 141 Å². The van der Waals surface area contributed by atoms with E-state index in [2.05, 4.69) is 10.4 Å². The summed E-state index contributed by atoms with van der Waals surface area (Å²) in [7, 11) is 4.87. The number of methoxy groups -OCH3 is 3. The van der Waals surface area contributed by atoms with Crippen LogP contribution in [0.4, 0.5) is 5.95 Å². The molecular weight excluding hydrogens is 562 g/mol. The second-order valence-electron chi connectivity index (χ2n) is 12.1. The summed E-state index contributed by atoms with van der Waals surface area (Å²) in [4.78, 5) is 9.96. The average Bonchev–Trinajstić information content (AvgIpc) is 3.67. The molecule has 0 bridgehead atoms. The Morgan fingerprint density at radius 1 is 1.07 bits per heavy atom. The van der Waals surface area contributed by atoms with E-state index in [1.165, 1.54) is 0 Å². The fraction of sp³-hybridized carbons (Fsp3) is 0.438. The van der Waals surface area contributed by atoms with Gasteiger partial charge in [-0.2, -0.15) is 9.61 Å². The van der Waals surface area contributed by atoms with Gasteiger partial charge in [0.05, 0.1) is 45.3 Å². The van der Waals surface area contributed by atoms with E-state index >= 15 is 0 Å². The number of aliphatic hydroxyl groups is 2. The third-order valence-corrected chi connectivity index (χ3v) is 8.24. The predicted octanol–water partition coefficient (Wildman–Crippen LogP) is 4.43. The summed E-state index contributed by atoms with van der Waals surface area (Å²) in [5.74, 6) is 3.11. The standard InChI is InChI=1S/C32H39N7O5/c1-31(2,40)19-38-18-22(17-34-38)32(41)13-7-8-20(15-32)28-36-29-24-9-6-10-25(43-4)27(24)35-30(39(29)37-28)33-16-21-11-12-23(42-3)14-26(21)44-5/h6,9-12,14,17-18,20,40-41H,7-8,13,15-16,19H2,1-5H3,(H,33,35). The summed E-state index contributed by atoms with van der Waals surface area (Å²) in [5, 5.41) is 35.6. The van der Waals surface area contributed by atoms with Gasteiger partial charge in [0.1, 0.15) is 22.8 Å². The van der Waals surface area contributed by atoms with Gasteiger partial charge in [-0.1, -0.05) is 6.07 Å². The van der Waals surface area contributed by atoms with Crippen LogP contribution in [0.15, 0.2) is 48.8 Å². The van der Waals surface area contributed by atoms with Gasteiger partial charge >= 0.3 is 0 Å². The molecule has 1 aliphatic carbocycles. The zero-order valence-electron chi connectivity index (χ0n) is 25.7. The number of para-hydroxylation sites is 1. The fourth-order valence-corrected chi connectivity index (χ4v) is 6.07. The molecule has 5 aromatic rings. The Hall–Kier alpha value is -4.42. The number of ether oxygens (including phenoxy) is 3. The first-order valence-corrected chi connectivity index (χ1v) is 14.8. The smallest absolute Gasteiger partial charge is 0.226 e. The lowest BCUT2D eigenvalue weighted by atomic mass is 9.75. The number of aromatic nitrogens is 6. The van der Waals surface area contributed by atoms with E-state index < -0.39 is 11.2 Å². The highest BCUT2D eigenvalue weighted by atomic mass is 16.5. The molecule has 2 atom stereocenters. The van der Waals surface area contributed by atoms with E-state index in [0.29, 0.717) is 66.1 Å². The third kappa shape index (κ3) is 5.74. The van der Waals surface area contributed by atoms with Gasteiger partial charge in [0, 0.05) is 41.2 Å². The van der Waals surface area contributed by atoms with Crippen molar-refractivity contribution in [2.45, 2.75) is 69.7 Å². The van der Waals surface area contributed by atoms with Crippen LogP contribution in [0.1, 0.15) is 62.4 Å². The average molecular weight is 602 g/mol. The van der Waals surface area contributed by atoms with E-state index in [1.54, 1.807) is 50.6 Å². The maximum atomic E-state index is 11.8. The number of nitrogens with zero attached hydrogens (tertiary/aromatic N) is 6. The first-order chi connectivity index (χ1) is 21.1. The van der Waals surface area contributed by atoms with Crippen LogP contribution in [0.25, 0.3) is 16.6 Å². The summed E-state index contributed by atoms with van der Waals surface area (Å²) in [6.07, 6.45) is 6.25. The van der Waals surface area contributed by atoms with Crippen molar-refractivity contribution in [2.24, 2.45) is 0 Å². The number of nitrogens with one attached hydrogen (secondary N) is 1. The van der Waals surface area contributed by atoms with Crippen LogP contribution in [0.2, 0.25) is 0 Å². The zero-order chi connectivity index (χ0) is 31.1. The van der Waals surface area contributed by atoms with E-state index in [-0.39, 0.29) is 5.92 Å². The Bertz CT molecular complexity index is 1790. The van der Waals surface area contributed by atoms with Crippen LogP contribution < -0.4 is 19.5 Å². The summed E-state index contributed by atoms with van der Waals surface area (Å²) in [5.41, 5.74) is 0.998. The number of fused-ring (bicyclic) bond motifs is 3. The molecule has 0 amide bonds. The highest BCUT2D eigenvalue weighted by molar-refractivity contribution is 5.96. The zero-order valence-corrected chi connectivity index (χ0v) is 25.7. The Labute approximate surface area is 255 Å². The molecular formula is C32H39N7O5. The van der Waals surface area contributed by atoms with Gasteiger partial charge in [-0.05, 0) is 63.8 Å². The van der Waals surface area contributed by atoms with Crippen LogP contribution in [0.3, 0.4) is 0 Å². The van der Waals surface area contributed by atoms with Crippen molar-refractivity contribution in [3.05, 3.63) is 65.7 Å². The molecule has 232 valence electrons. The number of hydrogen-bond donors (Lipinski definition) is 3. The number of anilines is 1. The van der Waals surface area contributed by atoms with Crippen LogP contribution in [-0.4, -0.2) is 66.5 Å². The second kappa shape index (κ2) is 11.6. The molecule has 12 nitrogen and oxygen atoms in total. The third-order valence-electron chi connectivity index (χ3n) is 8.24. The molecule has 0 radical (unpaired) electrons. The van der Waals surface area contributed by atoms with Crippen LogP contribution in [0, 0.1) is 0 Å². The minimum absolute atomic E-state index is 0.0820. The monoisotopic (exact) mass is 601 g/mol. The predicted molar refractivity (Wildman–Crippen MR) is 165 cm³/mol. The minimum atomic E-state index is -1.08. The van der Waals surface area contributed by atoms with E-state index in [1.807, 2.05) is 42.6 Å². The molecule has 0 aliphatic heterocycles. The number of hydrogen-bond acceptors (Lipinski definition) is 10.